The van der Waals surface area contributed by atoms with E-state index in [0.717, 1.165) is 12.8 Å². The third-order valence-electron chi connectivity index (χ3n) is 3.31. The van der Waals surface area contributed by atoms with Crippen LogP contribution in [0.2, 0.25) is 0 Å². The van der Waals surface area contributed by atoms with Gasteiger partial charge in [0, 0.05) is 24.9 Å². The van der Waals surface area contributed by atoms with E-state index in [2.05, 4.69) is 0 Å². The molecule has 4 nitrogen and oxygen atoms in total. The number of carbonyl (C=O) groups excluding carboxylic acids is 2. The normalized spacial score (nSPS) is 24.8. The number of hydrogen-bond acceptors (Lipinski definition) is 3. The first-order valence-electron chi connectivity index (χ1n) is 6.77. The highest BCUT2D eigenvalue weighted by atomic mass is 16.6. The second kappa shape index (κ2) is 5.72. The average Bonchev–Trinajstić information content (AvgIpc) is 2.25. The lowest BCUT2D eigenvalue weighted by Crippen LogP contribution is -2.47. The first-order valence-corrected chi connectivity index (χ1v) is 6.77. The van der Waals surface area contributed by atoms with Crippen LogP contribution in [0.4, 0.5) is 4.79 Å². The minimum Gasteiger partial charge on any atom is -0.444 e. The summed E-state index contributed by atoms with van der Waals surface area (Å²) in [6.45, 7) is 10.1. The van der Waals surface area contributed by atoms with Gasteiger partial charge in [-0.1, -0.05) is 6.92 Å². The molecule has 0 saturated carbocycles. The van der Waals surface area contributed by atoms with Crippen molar-refractivity contribution in [3.8, 4) is 0 Å². The monoisotopic (exact) mass is 255 g/mol. The predicted molar refractivity (Wildman–Crippen MR) is 70.4 cm³/mol. The number of Topliss-reactive ketones (excluding diaryl/α,β-unsaturated/α-hetero) is 1. The minimum absolute atomic E-state index is 0.0779. The fourth-order valence-electron chi connectivity index (χ4n) is 2.35. The average molecular weight is 255 g/mol. The molecule has 1 aliphatic heterocycles. The van der Waals surface area contributed by atoms with Gasteiger partial charge in [-0.3, -0.25) is 4.79 Å². The number of ketones is 1. The van der Waals surface area contributed by atoms with Crippen molar-refractivity contribution >= 4 is 11.9 Å². The Morgan fingerprint density at radius 2 is 1.94 bits per heavy atom. The van der Waals surface area contributed by atoms with E-state index in [9.17, 15) is 9.59 Å². The summed E-state index contributed by atoms with van der Waals surface area (Å²) < 4.78 is 5.37. The van der Waals surface area contributed by atoms with Gasteiger partial charge in [-0.15, -0.1) is 0 Å². The maximum Gasteiger partial charge on any atom is 0.410 e. The lowest BCUT2D eigenvalue weighted by molar-refractivity contribution is -0.124. The molecule has 0 N–H and O–H groups in total. The number of rotatable bonds is 2. The van der Waals surface area contributed by atoms with E-state index >= 15 is 0 Å². The van der Waals surface area contributed by atoms with Crippen molar-refractivity contribution in [1.29, 1.82) is 0 Å². The summed E-state index contributed by atoms with van der Waals surface area (Å²) in [5, 5.41) is 0. The standard InChI is InChI=1S/C14H25NO3/c1-6-12(16)11-7-8-15(10(2)9-11)13(17)18-14(3,4)5/h10-11H,6-9H2,1-5H3. The zero-order valence-corrected chi connectivity index (χ0v) is 12.2. The molecular weight excluding hydrogens is 230 g/mol. The Morgan fingerprint density at radius 3 is 2.39 bits per heavy atom. The Hall–Kier alpha value is -1.06. The fraction of sp³-hybridized carbons (Fsp3) is 0.857. The van der Waals surface area contributed by atoms with Crippen LogP contribution in [-0.4, -0.2) is 35.0 Å². The Labute approximate surface area is 110 Å². The van der Waals surface area contributed by atoms with Gasteiger partial charge in [-0.2, -0.15) is 0 Å². The molecule has 4 heteroatoms. The zero-order valence-electron chi connectivity index (χ0n) is 12.2. The van der Waals surface area contributed by atoms with Crippen LogP contribution in [0, 0.1) is 5.92 Å². The Kier molecular flexibility index (Phi) is 4.77. The van der Waals surface area contributed by atoms with Crippen molar-refractivity contribution in [2.75, 3.05) is 6.54 Å². The lowest BCUT2D eigenvalue weighted by atomic mass is 9.87. The van der Waals surface area contributed by atoms with Gasteiger partial charge in [-0.05, 0) is 40.5 Å². The number of carbonyl (C=O) groups is 2. The highest BCUT2D eigenvalue weighted by Gasteiger charge is 2.33. The van der Waals surface area contributed by atoms with Crippen LogP contribution in [0.15, 0.2) is 0 Å². The van der Waals surface area contributed by atoms with Gasteiger partial charge in [0.1, 0.15) is 11.4 Å². The van der Waals surface area contributed by atoms with E-state index in [1.807, 2.05) is 34.6 Å². The minimum atomic E-state index is -0.465. The molecule has 0 aliphatic carbocycles. The van der Waals surface area contributed by atoms with Gasteiger partial charge in [0.25, 0.3) is 0 Å². The van der Waals surface area contributed by atoms with Crippen molar-refractivity contribution < 1.29 is 14.3 Å². The summed E-state index contributed by atoms with van der Waals surface area (Å²) in [4.78, 5) is 25.4. The second-order valence-corrected chi connectivity index (χ2v) is 6.06. The quantitative estimate of drug-likeness (QED) is 0.762. The Morgan fingerprint density at radius 1 is 1.33 bits per heavy atom. The molecule has 0 aromatic rings. The van der Waals surface area contributed by atoms with Gasteiger partial charge < -0.3 is 9.64 Å². The van der Waals surface area contributed by atoms with Gasteiger partial charge in [-0.25, -0.2) is 4.79 Å². The van der Waals surface area contributed by atoms with Gasteiger partial charge >= 0.3 is 6.09 Å². The maximum atomic E-state index is 12.0. The molecule has 1 amide bonds. The van der Waals surface area contributed by atoms with Crippen molar-refractivity contribution in [2.24, 2.45) is 5.92 Å². The Bertz CT molecular complexity index is 319. The van der Waals surface area contributed by atoms with E-state index < -0.39 is 5.60 Å². The van der Waals surface area contributed by atoms with Crippen molar-refractivity contribution in [3.63, 3.8) is 0 Å². The maximum absolute atomic E-state index is 12.0. The van der Waals surface area contributed by atoms with Gasteiger partial charge in [0.2, 0.25) is 0 Å². The molecule has 1 heterocycles. The van der Waals surface area contributed by atoms with Crippen molar-refractivity contribution in [1.82, 2.24) is 4.90 Å². The van der Waals surface area contributed by atoms with Crippen LogP contribution >= 0.6 is 0 Å². The van der Waals surface area contributed by atoms with Crippen LogP contribution in [0.3, 0.4) is 0 Å². The first kappa shape index (κ1) is 15.0. The molecule has 0 radical (unpaired) electrons. The van der Waals surface area contributed by atoms with E-state index in [-0.39, 0.29) is 18.1 Å². The van der Waals surface area contributed by atoms with E-state index in [1.54, 1.807) is 4.90 Å². The molecule has 1 rings (SSSR count). The molecule has 18 heavy (non-hydrogen) atoms. The molecule has 1 fully saturated rings. The molecule has 0 aromatic heterocycles. The highest BCUT2D eigenvalue weighted by molar-refractivity contribution is 5.81. The molecular formula is C14H25NO3. The molecule has 1 aliphatic rings. The highest BCUT2D eigenvalue weighted by Crippen LogP contribution is 2.25. The Balaban J connectivity index is 2.57. The van der Waals surface area contributed by atoms with Gasteiger partial charge in [0.05, 0.1) is 0 Å². The summed E-state index contributed by atoms with van der Waals surface area (Å²) in [7, 11) is 0. The van der Waals surface area contributed by atoms with E-state index in [1.165, 1.54) is 0 Å². The third-order valence-corrected chi connectivity index (χ3v) is 3.31. The largest absolute Gasteiger partial charge is 0.444 e. The smallest absolute Gasteiger partial charge is 0.410 e. The summed E-state index contributed by atoms with van der Waals surface area (Å²) in [5.74, 6) is 0.425. The predicted octanol–water partition coefficient (Wildman–Crippen LogP) is 3.00. The first-order chi connectivity index (χ1) is 8.24. The number of ether oxygens (including phenoxy) is 1. The molecule has 0 bridgehead atoms. The van der Waals surface area contributed by atoms with Crippen LogP contribution in [0.5, 0.6) is 0 Å². The molecule has 2 unspecified atom stereocenters. The third kappa shape index (κ3) is 4.00. The molecule has 0 spiro atoms. The number of likely N-dealkylation sites (tertiary alicyclic amines) is 1. The van der Waals surface area contributed by atoms with Crippen molar-refractivity contribution in [2.45, 2.75) is 65.5 Å². The number of amides is 1. The SMILES string of the molecule is CCC(=O)C1CCN(C(=O)OC(C)(C)C)C(C)C1. The van der Waals surface area contributed by atoms with Crippen LogP contribution < -0.4 is 0 Å². The van der Waals surface area contributed by atoms with Crippen molar-refractivity contribution in [3.05, 3.63) is 0 Å². The van der Waals surface area contributed by atoms with Crippen LogP contribution in [0.25, 0.3) is 0 Å². The summed E-state index contributed by atoms with van der Waals surface area (Å²) in [6.07, 6.45) is 1.84. The molecule has 104 valence electrons. The zero-order chi connectivity index (χ0) is 13.9. The fourth-order valence-corrected chi connectivity index (χ4v) is 2.35. The van der Waals surface area contributed by atoms with Crippen LogP contribution in [-0.2, 0) is 9.53 Å². The number of nitrogens with zero attached hydrogens (tertiary/aromatic N) is 1. The second-order valence-electron chi connectivity index (χ2n) is 6.06. The van der Waals surface area contributed by atoms with E-state index in [0.29, 0.717) is 18.7 Å². The number of hydrogen-bond donors (Lipinski definition) is 0. The lowest BCUT2D eigenvalue weighted by Gasteiger charge is -2.37. The topological polar surface area (TPSA) is 46.6 Å². The molecule has 1 saturated heterocycles. The molecule has 0 aromatic carbocycles. The summed E-state index contributed by atoms with van der Waals surface area (Å²) in [5.41, 5.74) is -0.465. The van der Waals surface area contributed by atoms with E-state index in [4.69, 9.17) is 4.74 Å². The van der Waals surface area contributed by atoms with Crippen LogP contribution in [0.1, 0.15) is 53.9 Å². The summed E-state index contributed by atoms with van der Waals surface area (Å²) in [6, 6.07) is 0.0779. The molecule has 2 atom stereocenters. The van der Waals surface area contributed by atoms with Gasteiger partial charge in [0.15, 0.2) is 0 Å². The number of piperidine rings is 1. The summed E-state index contributed by atoms with van der Waals surface area (Å²) >= 11 is 0.